The highest BCUT2D eigenvalue weighted by Gasteiger charge is 2.35. The molecule has 3 aromatic rings. The molecule has 0 unspecified atom stereocenters. The second kappa shape index (κ2) is 9.66. The number of carbonyl (C=O) groups excluding carboxylic acids is 1. The quantitative estimate of drug-likeness (QED) is 0.170. The van der Waals surface area contributed by atoms with E-state index < -0.39 is 23.5 Å². The molecule has 0 bridgehead atoms. The molecule has 0 radical (unpaired) electrons. The van der Waals surface area contributed by atoms with Gasteiger partial charge in [-0.15, -0.1) is 0 Å². The first-order chi connectivity index (χ1) is 17.4. The van der Waals surface area contributed by atoms with Gasteiger partial charge in [-0.2, -0.15) is 0 Å². The molecule has 198 valence electrons. The van der Waals surface area contributed by atoms with Gasteiger partial charge in [0.05, 0.1) is 25.0 Å². The first-order valence-electron chi connectivity index (χ1n) is 12.1. The minimum absolute atomic E-state index is 0.108. The highest BCUT2D eigenvalue weighted by atomic mass is 19.1. The fourth-order valence-corrected chi connectivity index (χ4v) is 4.97. The molecule has 1 aliphatic heterocycles. The van der Waals surface area contributed by atoms with Gasteiger partial charge in [-0.05, 0) is 70.7 Å². The molecule has 0 spiro atoms. The van der Waals surface area contributed by atoms with E-state index in [0.717, 1.165) is 17.5 Å². The summed E-state index contributed by atoms with van der Waals surface area (Å²) in [6.07, 6.45) is 0.294. The van der Waals surface area contributed by atoms with Crippen molar-refractivity contribution in [2.24, 2.45) is 17.9 Å². The lowest BCUT2D eigenvalue weighted by Gasteiger charge is -2.29. The van der Waals surface area contributed by atoms with E-state index in [9.17, 15) is 10.0 Å². The van der Waals surface area contributed by atoms with E-state index in [-0.39, 0.29) is 11.6 Å². The summed E-state index contributed by atoms with van der Waals surface area (Å²) in [6, 6.07) is 3.15. The van der Waals surface area contributed by atoms with Gasteiger partial charge in [0.2, 0.25) is 0 Å². The van der Waals surface area contributed by atoms with Gasteiger partial charge in [-0.3, -0.25) is 0 Å². The molecule has 0 fully saturated rings. The molecule has 0 amide bonds. The number of benzene rings is 1. The Morgan fingerprint density at radius 3 is 2.65 bits per heavy atom. The molecule has 1 aliphatic rings. The molecule has 9 nitrogen and oxygen atoms in total. The van der Waals surface area contributed by atoms with Crippen molar-refractivity contribution in [3.05, 3.63) is 46.0 Å². The standard InChI is InChI=1S/C27H33FN4O5/c1-13-15-9-8-10-36-22(15)18(28)11-16(13)21-17-12-19(24(29)31-34)32(6)25(17)30-14(2)20(21)23(26(33)35-7)37-27(3,4)5/h11-12,23,34H,8-10H2,1-7H3,(H2,29,31)/t23-/m0/s1. The fourth-order valence-electron chi connectivity index (χ4n) is 4.97. The number of aryl methyl sites for hydroxylation is 2. The van der Waals surface area contributed by atoms with Crippen LogP contribution in [-0.2, 0) is 27.7 Å². The number of ether oxygens (including phenoxy) is 3. The minimum atomic E-state index is -1.14. The molecule has 37 heavy (non-hydrogen) atoms. The van der Waals surface area contributed by atoms with E-state index in [1.54, 1.807) is 24.6 Å². The Hall–Kier alpha value is -3.66. The number of nitrogens with two attached hydrogens (primary N) is 1. The molecule has 0 saturated heterocycles. The number of oxime groups is 1. The minimum Gasteiger partial charge on any atom is -0.490 e. The molecule has 3 heterocycles. The Labute approximate surface area is 215 Å². The van der Waals surface area contributed by atoms with Crippen LogP contribution >= 0.6 is 0 Å². The molecule has 0 saturated carbocycles. The maximum Gasteiger partial charge on any atom is 0.339 e. The summed E-state index contributed by atoms with van der Waals surface area (Å²) in [5.74, 6) is -0.935. The zero-order chi connectivity index (χ0) is 27.2. The van der Waals surface area contributed by atoms with E-state index >= 15 is 4.39 Å². The second-order valence-electron chi connectivity index (χ2n) is 10.2. The maximum absolute atomic E-state index is 15.5. The zero-order valence-electron chi connectivity index (χ0n) is 22.2. The third kappa shape index (κ3) is 4.61. The Bertz CT molecular complexity index is 1420. The van der Waals surface area contributed by atoms with Crippen LogP contribution in [0.15, 0.2) is 17.3 Å². The van der Waals surface area contributed by atoms with Gasteiger partial charge in [0.25, 0.3) is 0 Å². The van der Waals surface area contributed by atoms with Gasteiger partial charge in [-0.25, -0.2) is 14.2 Å². The number of hydrogen-bond donors (Lipinski definition) is 2. The van der Waals surface area contributed by atoms with Crippen LogP contribution in [-0.4, -0.2) is 45.9 Å². The number of halogens is 1. The van der Waals surface area contributed by atoms with Gasteiger partial charge in [0.15, 0.2) is 23.5 Å². The lowest BCUT2D eigenvalue weighted by Crippen LogP contribution is -2.29. The molecular weight excluding hydrogens is 479 g/mol. The van der Waals surface area contributed by atoms with E-state index in [1.165, 1.54) is 13.2 Å². The summed E-state index contributed by atoms with van der Waals surface area (Å²) < 4.78 is 34.2. The van der Waals surface area contributed by atoms with Crippen molar-refractivity contribution < 1.29 is 28.6 Å². The Morgan fingerprint density at radius 2 is 2.03 bits per heavy atom. The zero-order valence-corrected chi connectivity index (χ0v) is 22.2. The average molecular weight is 513 g/mol. The first kappa shape index (κ1) is 26.4. The lowest BCUT2D eigenvalue weighted by molar-refractivity contribution is -0.164. The van der Waals surface area contributed by atoms with Gasteiger partial charge in [0, 0.05) is 34.8 Å². The van der Waals surface area contributed by atoms with E-state index in [1.807, 2.05) is 27.7 Å². The fraction of sp³-hybridized carbons (Fsp3) is 0.444. The first-order valence-corrected chi connectivity index (χ1v) is 12.1. The predicted octanol–water partition coefficient (Wildman–Crippen LogP) is 4.44. The number of amidine groups is 1. The van der Waals surface area contributed by atoms with E-state index in [0.29, 0.717) is 52.1 Å². The molecule has 1 atom stereocenters. The van der Waals surface area contributed by atoms with Crippen LogP contribution in [0.4, 0.5) is 4.39 Å². The summed E-state index contributed by atoms with van der Waals surface area (Å²) in [6.45, 7) is 9.65. The van der Waals surface area contributed by atoms with Crippen molar-refractivity contribution in [1.29, 1.82) is 0 Å². The van der Waals surface area contributed by atoms with Gasteiger partial charge in [-0.1, -0.05) is 5.16 Å². The highest BCUT2D eigenvalue weighted by molar-refractivity contribution is 6.05. The number of fused-ring (bicyclic) bond motifs is 2. The second-order valence-corrected chi connectivity index (χ2v) is 10.2. The molecule has 4 rings (SSSR count). The van der Waals surface area contributed by atoms with E-state index in [2.05, 4.69) is 5.16 Å². The summed E-state index contributed by atoms with van der Waals surface area (Å²) in [7, 11) is 3.03. The van der Waals surface area contributed by atoms with E-state index in [4.69, 9.17) is 24.9 Å². The molecule has 2 aromatic heterocycles. The van der Waals surface area contributed by atoms with Crippen LogP contribution in [0, 0.1) is 19.7 Å². The van der Waals surface area contributed by atoms with Crippen LogP contribution < -0.4 is 10.5 Å². The number of hydrogen-bond acceptors (Lipinski definition) is 7. The normalized spacial score (nSPS) is 14.9. The molecular formula is C27H33FN4O5. The number of carbonyl (C=O) groups is 1. The Balaban J connectivity index is 2.18. The lowest BCUT2D eigenvalue weighted by atomic mass is 9.86. The van der Waals surface area contributed by atoms with Gasteiger partial charge < -0.3 is 29.7 Å². The summed E-state index contributed by atoms with van der Waals surface area (Å²) in [5, 5.41) is 13.1. The number of pyridine rings is 1. The van der Waals surface area contributed by atoms with Crippen molar-refractivity contribution in [2.75, 3.05) is 13.7 Å². The molecule has 3 N–H and O–H groups in total. The average Bonchev–Trinajstić information content (AvgIpc) is 3.18. The van der Waals surface area contributed by atoms with Crippen LogP contribution in [0.2, 0.25) is 0 Å². The topological polar surface area (TPSA) is 121 Å². The molecule has 0 aliphatic carbocycles. The third-order valence-corrected chi connectivity index (χ3v) is 6.63. The molecule has 1 aromatic carbocycles. The number of esters is 1. The third-order valence-electron chi connectivity index (χ3n) is 6.63. The van der Waals surface area contributed by atoms with Crippen molar-refractivity contribution in [3.63, 3.8) is 0 Å². The smallest absolute Gasteiger partial charge is 0.339 e. The molecule has 10 heteroatoms. The number of rotatable bonds is 5. The van der Waals surface area contributed by atoms with Crippen LogP contribution in [0.25, 0.3) is 22.2 Å². The Kier molecular flexibility index (Phi) is 6.89. The van der Waals surface area contributed by atoms with Gasteiger partial charge in [0.1, 0.15) is 5.65 Å². The summed E-state index contributed by atoms with van der Waals surface area (Å²) in [5.41, 5.74) is 9.91. The maximum atomic E-state index is 15.5. The van der Waals surface area contributed by atoms with Crippen molar-refractivity contribution in [1.82, 2.24) is 9.55 Å². The highest BCUT2D eigenvalue weighted by Crippen LogP contribution is 2.45. The van der Waals surface area contributed by atoms with Crippen LogP contribution in [0.3, 0.4) is 0 Å². The van der Waals surface area contributed by atoms with Crippen LogP contribution in [0.5, 0.6) is 5.75 Å². The van der Waals surface area contributed by atoms with Crippen molar-refractivity contribution >= 4 is 22.8 Å². The predicted molar refractivity (Wildman–Crippen MR) is 138 cm³/mol. The number of nitrogens with zero attached hydrogens (tertiary/aromatic N) is 3. The van der Waals surface area contributed by atoms with Crippen LogP contribution in [0.1, 0.15) is 61.4 Å². The van der Waals surface area contributed by atoms with Crippen molar-refractivity contribution in [3.8, 4) is 16.9 Å². The SMILES string of the molecule is COC(=O)[C@@H](OC(C)(C)C)c1c(C)nc2c(cc(C(N)=NO)n2C)c1-c1cc(F)c2c(c1C)CCCO2. The monoisotopic (exact) mass is 512 g/mol. The van der Waals surface area contributed by atoms with Gasteiger partial charge >= 0.3 is 5.97 Å². The number of aromatic nitrogens is 2. The summed E-state index contributed by atoms with van der Waals surface area (Å²) >= 11 is 0. The number of methoxy groups -OCH3 is 1. The Morgan fingerprint density at radius 1 is 1.32 bits per heavy atom. The van der Waals surface area contributed by atoms with Crippen molar-refractivity contribution in [2.45, 2.75) is 59.2 Å². The largest absolute Gasteiger partial charge is 0.490 e. The summed E-state index contributed by atoms with van der Waals surface area (Å²) in [4.78, 5) is 17.9.